The molecule has 0 N–H and O–H groups in total. The number of allylic oxidation sites excluding steroid dienone is 1. The van der Waals surface area contributed by atoms with Crippen molar-refractivity contribution in [3.8, 4) is 0 Å². The Balaban J connectivity index is 1.71. The number of nitrogens with zero attached hydrogens (tertiary/aromatic N) is 1. The Morgan fingerprint density at radius 2 is 1.85 bits per heavy atom. The van der Waals surface area contributed by atoms with Gasteiger partial charge in [-0.3, -0.25) is 9.59 Å². The number of carbonyl (C=O) groups excluding carboxylic acids is 2. The summed E-state index contributed by atoms with van der Waals surface area (Å²) in [6.45, 7) is 5.86. The summed E-state index contributed by atoms with van der Waals surface area (Å²) in [5.74, 6) is 0.810. The van der Waals surface area contributed by atoms with E-state index in [2.05, 4.69) is 19.0 Å². The number of ketones is 1. The Hall–Kier alpha value is -1.65. The maximum absolute atomic E-state index is 12.5. The Kier molecular flexibility index (Phi) is 4.05. The van der Waals surface area contributed by atoms with E-state index in [1.165, 1.54) is 12.5 Å². The highest BCUT2D eigenvalue weighted by Gasteiger charge is 2.60. The molecule has 0 bridgehead atoms. The molecule has 4 aliphatic rings. The molecule has 3 saturated carbocycles. The van der Waals surface area contributed by atoms with Gasteiger partial charge in [-0.15, -0.1) is 5.21 Å². The SMILES string of the molecule is CC(=O)O[C@H]1CC[C@@]2(C)C(=C/C(=N\[O])C3C2CC[C@]2(C)C(=O)CCC32)C1. The maximum atomic E-state index is 12.5. The molecule has 0 saturated heterocycles. The monoisotopic (exact) mass is 358 g/mol. The first-order valence-electron chi connectivity index (χ1n) is 9.91. The molecule has 0 aromatic heterocycles. The number of fused-ring (bicyclic) bond motifs is 5. The van der Waals surface area contributed by atoms with Crippen LogP contribution in [0.1, 0.15) is 65.7 Å². The second-order valence-corrected chi connectivity index (χ2v) is 9.23. The first-order chi connectivity index (χ1) is 12.3. The third-order valence-electron chi connectivity index (χ3n) is 8.07. The molecule has 0 aromatic rings. The fraction of sp³-hybridized carbons (Fsp3) is 0.762. The highest BCUT2D eigenvalue weighted by atomic mass is 16.5. The number of Topliss-reactive ketones (excluding diaryl/α,β-unsaturated/α-hetero) is 1. The highest BCUT2D eigenvalue weighted by molar-refractivity contribution is 6.00. The molecule has 3 fully saturated rings. The lowest BCUT2D eigenvalue weighted by Gasteiger charge is -2.56. The average Bonchev–Trinajstić information content (AvgIpc) is 2.89. The van der Waals surface area contributed by atoms with E-state index in [9.17, 15) is 14.8 Å². The van der Waals surface area contributed by atoms with Crippen molar-refractivity contribution in [3.63, 3.8) is 0 Å². The van der Waals surface area contributed by atoms with Crippen molar-refractivity contribution >= 4 is 17.5 Å². The van der Waals surface area contributed by atoms with Gasteiger partial charge in [-0.2, -0.15) is 0 Å². The van der Waals surface area contributed by atoms with E-state index in [1.54, 1.807) is 0 Å². The minimum Gasteiger partial charge on any atom is -0.462 e. The Morgan fingerprint density at radius 3 is 2.54 bits per heavy atom. The zero-order valence-electron chi connectivity index (χ0n) is 15.9. The molecule has 0 amide bonds. The fourth-order valence-electron chi connectivity index (χ4n) is 6.59. The van der Waals surface area contributed by atoms with Gasteiger partial charge in [0.25, 0.3) is 0 Å². The fourth-order valence-corrected chi connectivity index (χ4v) is 6.59. The van der Waals surface area contributed by atoms with Crippen LogP contribution < -0.4 is 0 Å². The molecule has 0 aromatic carbocycles. The van der Waals surface area contributed by atoms with Gasteiger partial charge in [0.1, 0.15) is 11.9 Å². The third-order valence-corrected chi connectivity index (χ3v) is 8.07. The molecule has 4 rings (SSSR count). The second kappa shape index (κ2) is 5.93. The molecule has 0 spiro atoms. The Labute approximate surface area is 154 Å². The third kappa shape index (κ3) is 2.39. The number of hydrogen-bond donors (Lipinski definition) is 0. The number of ether oxygens (including phenoxy) is 1. The summed E-state index contributed by atoms with van der Waals surface area (Å²) < 4.78 is 5.45. The lowest BCUT2D eigenvalue weighted by atomic mass is 9.47. The summed E-state index contributed by atoms with van der Waals surface area (Å²) in [7, 11) is 0. The molecule has 0 aliphatic heterocycles. The summed E-state index contributed by atoms with van der Waals surface area (Å²) in [5, 5.41) is 15.2. The van der Waals surface area contributed by atoms with Crippen LogP contribution in [-0.2, 0) is 19.5 Å². The smallest absolute Gasteiger partial charge is 0.302 e. The first-order valence-corrected chi connectivity index (χ1v) is 9.91. The molecule has 1 radical (unpaired) electrons. The number of rotatable bonds is 1. The van der Waals surface area contributed by atoms with Crippen LogP contribution in [0.15, 0.2) is 16.8 Å². The van der Waals surface area contributed by atoms with Gasteiger partial charge in [-0.1, -0.05) is 19.4 Å². The van der Waals surface area contributed by atoms with Gasteiger partial charge in [-0.05, 0) is 60.6 Å². The zero-order valence-corrected chi connectivity index (χ0v) is 15.9. The van der Waals surface area contributed by atoms with Gasteiger partial charge in [0.2, 0.25) is 0 Å². The van der Waals surface area contributed by atoms with E-state index in [1.807, 2.05) is 6.08 Å². The molecule has 5 heteroatoms. The predicted molar refractivity (Wildman–Crippen MR) is 95.8 cm³/mol. The quantitative estimate of drug-likeness (QED) is 0.528. The van der Waals surface area contributed by atoms with Crippen molar-refractivity contribution < 1.29 is 19.5 Å². The van der Waals surface area contributed by atoms with Gasteiger partial charge >= 0.3 is 5.97 Å². The van der Waals surface area contributed by atoms with Crippen LogP contribution in [0.25, 0.3) is 0 Å². The van der Waals surface area contributed by atoms with Crippen LogP contribution in [0.3, 0.4) is 0 Å². The summed E-state index contributed by atoms with van der Waals surface area (Å²) >= 11 is 0. The van der Waals surface area contributed by atoms with Crippen LogP contribution in [0.5, 0.6) is 0 Å². The van der Waals surface area contributed by atoms with Crippen molar-refractivity contribution in [2.45, 2.75) is 71.8 Å². The maximum Gasteiger partial charge on any atom is 0.302 e. The topological polar surface area (TPSA) is 75.6 Å². The molecule has 5 nitrogen and oxygen atoms in total. The van der Waals surface area contributed by atoms with Gasteiger partial charge in [0.15, 0.2) is 0 Å². The standard InChI is InChI=1S/C21H28NO4/c1-12(23)26-14-6-8-20(2)13(10-14)11-17(22-25)19-15-4-5-18(24)21(15,3)9-7-16(19)20/h11,14-16,19H,4-10H2,1-3H3/b22-17+/t14-,15?,16?,19?,20-,21-/m0/s1. The van der Waals surface area contributed by atoms with Crippen molar-refractivity contribution in [1.82, 2.24) is 0 Å². The molecule has 141 valence electrons. The molecule has 6 atom stereocenters. The zero-order chi connectivity index (χ0) is 18.7. The van der Waals surface area contributed by atoms with Crippen LogP contribution in [0, 0.1) is 28.6 Å². The van der Waals surface area contributed by atoms with Gasteiger partial charge in [0, 0.05) is 31.1 Å². The van der Waals surface area contributed by atoms with Crippen LogP contribution in [0.2, 0.25) is 0 Å². The lowest BCUT2D eigenvalue weighted by molar-refractivity contribution is -0.148. The van der Waals surface area contributed by atoms with E-state index in [-0.39, 0.29) is 34.7 Å². The van der Waals surface area contributed by atoms with Crippen molar-refractivity contribution in [2.75, 3.05) is 0 Å². The summed E-state index contributed by atoms with van der Waals surface area (Å²) in [6, 6.07) is 0. The van der Waals surface area contributed by atoms with Crippen molar-refractivity contribution in [1.29, 1.82) is 0 Å². The predicted octanol–water partition coefficient (Wildman–Crippen LogP) is 3.85. The van der Waals surface area contributed by atoms with Crippen LogP contribution in [-0.4, -0.2) is 23.6 Å². The average molecular weight is 358 g/mol. The number of carbonyl (C=O) groups is 2. The molecule has 3 unspecified atom stereocenters. The second-order valence-electron chi connectivity index (χ2n) is 9.23. The summed E-state index contributed by atoms with van der Waals surface area (Å²) in [6.07, 6.45) is 7.80. The van der Waals surface area contributed by atoms with Gasteiger partial charge < -0.3 is 4.74 Å². The van der Waals surface area contributed by atoms with E-state index in [0.717, 1.165) is 32.1 Å². The molecular formula is C21H28NO4. The van der Waals surface area contributed by atoms with E-state index in [0.29, 0.717) is 30.3 Å². The van der Waals surface area contributed by atoms with Crippen molar-refractivity contribution in [3.05, 3.63) is 11.6 Å². The number of esters is 1. The molecule has 0 heterocycles. The molecular weight excluding hydrogens is 330 g/mol. The lowest BCUT2D eigenvalue weighted by Crippen LogP contribution is -2.53. The van der Waals surface area contributed by atoms with Crippen LogP contribution in [0.4, 0.5) is 0 Å². The molecule has 26 heavy (non-hydrogen) atoms. The normalized spacial score (nSPS) is 46.2. The van der Waals surface area contributed by atoms with E-state index < -0.39 is 0 Å². The summed E-state index contributed by atoms with van der Waals surface area (Å²) in [4.78, 5) is 23.9. The minimum absolute atomic E-state index is 0.0163. The molecule has 4 aliphatic carbocycles. The largest absolute Gasteiger partial charge is 0.462 e. The van der Waals surface area contributed by atoms with Crippen LogP contribution >= 0.6 is 0 Å². The Morgan fingerprint density at radius 1 is 1.15 bits per heavy atom. The van der Waals surface area contributed by atoms with E-state index in [4.69, 9.17) is 4.74 Å². The highest BCUT2D eigenvalue weighted by Crippen LogP contribution is 2.63. The van der Waals surface area contributed by atoms with Gasteiger partial charge in [-0.25, -0.2) is 0 Å². The van der Waals surface area contributed by atoms with Crippen molar-refractivity contribution in [2.24, 2.45) is 33.7 Å². The van der Waals surface area contributed by atoms with E-state index >= 15 is 0 Å². The minimum atomic E-state index is -0.284. The first kappa shape index (κ1) is 17.7. The summed E-state index contributed by atoms with van der Waals surface area (Å²) in [5.41, 5.74) is 1.56. The number of hydrogen-bond acceptors (Lipinski definition) is 4. The van der Waals surface area contributed by atoms with Gasteiger partial charge in [0.05, 0.1) is 5.71 Å². The Bertz CT molecular complexity index is 711.